The Morgan fingerprint density at radius 1 is 0.944 bits per heavy atom. The highest BCUT2D eigenvalue weighted by Gasteiger charge is 2.12. The summed E-state index contributed by atoms with van der Waals surface area (Å²) in [5.74, 6) is 0.666. The first-order chi connectivity index (χ1) is 8.49. The number of hydrogen-bond acceptors (Lipinski definition) is 3. The maximum atomic E-state index is 6.00. The molecule has 0 radical (unpaired) electrons. The van der Waals surface area contributed by atoms with Crippen molar-refractivity contribution in [3.8, 4) is 11.6 Å². The number of halogens is 4. The summed E-state index contributed by atoms with van der Waals surface area (Å²) in [6, 6.07) is 3.01. The summed E-state index contributed by atoms with van der Waals surface area (Å²) in [4.78, 5) is 7.80. The molecule has 3 nitrogen and oxygen atoms in total. The predicted octanol–water partition coefficient (Wildman–Crippen LogP) is 5.19. The van der Waals surface area contributed by atoms with Crippen molar-refractivity contribution in [2.24, 2.45) is 0 Å². The van der Waals surface area contributed by atoms with E-state index in [0.29, 0.717) is 37.4 Å². The lowest BCUT2D eigenvalue weighted by molar-refractivity contribution is 0.457. The van der Waals surface area contributed by atoms with Crippen molar-refractivity contribution in [1.29, 1.82) is 0 Å². The second-order valence-electron chi connectivity index (χ2n) is 3.39. The monoisotopic (exact) mass is 322 g/mol. The normalized spacial score (nSPS) is 10.5. The molecule has 0 fully saturated rings. The van der Waals surface area contributed by atoms with Gasteiger partial charge < -0.3 is 4.74 Å². The first-order valence-corrected chi connectivity index (χ1v) is 6.29. The smallest absolute Gasteiger partial charge is 0.226 e. The van der Waals surface area contributed by atoms with Gasteiger partial charge in [-0.25, -0.2) is 9.97 Å². The van der Waals surface area contributed by atoms with Gasteiger partial charge in [-0.1, -0.05) is 46.4 Å². The second kappa shape index (κ2) is 5.49. The summed E-state index contributed by atoms with van der Waals surface area (Å²) in [6.07, 6.45) is 1.30. The van der Waals surface area contributed by atoms with Crippen LogP contribution in [0.4, 0.5) is 0 Å². The van der Waals surface area contributed by atoms with Crippen molar-refractivity contribution in [2.45, 2.75) is 6.92 Å². The minimum atomic E-state index is 0.315. The number of benzene rings is 1. The molecule has 2 aromatic rings. The quantitative estimate of drug-likeness (QED) is 0.563. The standard InChI is InChI=1S/C11H6Cl4N2O/c1-5-10(15)16-4-17-11(5)18-9-3-7(13)6(12)2-8(9)14/h2-4H,1H3. The molecule has 0 spiro atoms. The summed E-state index contributed by atoms with van der Waals surface area (Å²) in [6.45, 7) is 1.74. The highest BCUT2D eigenvalue weighted by Crippen LogP contribution is 2.36. The molecule has 0 aliphatic rings. The highest BCUT2D eigenvalue weighted by molar-refractivity contribution is 6.43. The van der Waals surface area contributed by atoms with Crippen LogP contribution >= 0.6 is 46.4 Å². The van der Waals surface area contributed by atoms with Crippen LogP contribution in [0.3, 0.4) is 0 Å². The van der Waals surface area contributed by atoms with Crippen molar-refractivity contribution < 1.29 is 4.74 Å². The third kappa shape index (κ3) is 2.81. The predicted molar refractivity (Wildman–Crippen MR) is 73.3 cm³/mol. The first kappa shape index (κ1) is 13.7. The molecular weight excluding hydrogens is 318 g/mol. The Kier molecular flexibility index (Phi) is 4.17. The van der Waals surface area contributed by atoms with Gasteiger partial charge in [-0.15, -0.1) is 0 Å². The van der Waals surface area contributed by atoms with E-state index < -0.39 is 0 Å². The molecule has 0 aliphatic heterocycles. The van der Waals surface area contributed by atoms with Crippen LogP contribution in [0.1, 0.15) is 5.56 Å². The molecule has 2 rings (SSSR count). The summed E-state index contributed by atoms with van der Waals surface area (Å²) in [5.41, 5.74) is 0.612. The fraction of sp³-hybridized carbons (Fsp3) is 0.0909. The van der Waals surface area contributed by atoms with Crippen LogP contribution in [0, 0.1) is 6.92 Å². The lowest BCUT2D eigenvalue weighted by Crippen LogP contribution is -1.94. The molecule has 1 aromatic heterocycles. The van der Waals surface area contributed by atoms with Crippen LogP contribution in [-0.2, 0) is 0 Å². The van der Waals surface area contributed by atoms with E-state index in [1.807, 2.05) is 0 Å². The fourth-order valence-corrected chi connectivity index (χ4v) is 1.90. The van der Waals surface area contributed by atoms with Gasteiger partial charge in [0.25, 0.3) is 0 Å². The van der Waals surface area contributed by atoms with Gasteiger partial charge in [0, 0.05) is 11.6 Å². The topological polar surface area (TPSA) is 35.0 Å². The zero-order valence-corrected chi connectivity index (χ0v) is 12.1. The molecule has 0 saturated heterocycles. The zero-order valence-electron chi connectivity index (χ0n) is 9.05. The minimum Gasteiger partial charge on any atom is -0.437 e. The van der Waals surface area contributed by atoms with Gasteiger partial charge in [-0.2, -0.15) is 0 Å². The third-order valence-electron chi connectivity index (χ3n) is 2.16. The van der Waals surface area contributed by atoms with Crippen molar-refractivity contribution in [3.63, 3.8) is 0 Å². The number of hydrogen-bond donors (Lipinski definition) is 0. The van der Waals surface area contributed by atoms with E-state index in [1.54, 1.807) is 6.92 Å². The Hall–Kier alpha value is -0.740. The van der Waals surface area contributed by atoms with Crippen molar-refractivity contribution >= 4 is 46.4 Å². The number of ether oxygens (including phenoxy) is 1. The van der Waals surface area contributed by atoms with E-state index in [2.05, 4.69) is 9.97 Å². The molecule has 18 heavy (non-hydrogen) atoms. The molecule has 0 saturated carbocycles. The summed E-state index contributed by atoms with van der Waals surface area (Å²) < 4.78 is 5.55. The Bertz CT molecular complexity index is 604. The van der Waals surface area contributed by atoms with Crippen LogP contribution < -0.4 is 4.74 Å². The SMILES string of the molecule is Cc1c(Cl)ncnc1Oc1cc(Cl)c(Cl)cc1Cl. The van der Waals surface area contributed by atoms with E-state index in [1.165, 1.54) is 18.5 Å². The molecule has 0 unspecified atom stereocenters. The Labute approximate surface area is 124 Å². The molecule has 0 N–H and O–H groups in total. The Morgan fingerprint density at radius 3 is 2.33 bits per heavy atom. The Morgan fingerprint density at radius 2 is 1.61 bits per heavy atom. The summed E-state index contributed by atoms with van der Waals surface area (Å²) >= 11 is 23.6. The van der Waals surface area contributed by atoms with Gasteiger partial charge in [0.15, 0.2) is 0 Å². The summed E-state index contributed by atoms with van der Waals surface area (Å²) in [5, 5.41) is 1.34. The molecule has 94 valence electrons. The van der Waals surface area contributed by atoms with Gasteiger partial charge in [0.1, 0.15) is 17.2 Å². The number of rotatable bonds is 2. The van der Waals surface area contributed by atoms with Gasteiger partial charge in [-0.05, 0) is 13.0 Å². The zero-order chi connectivity index (χ0) is 13.3. The van der Waals surface area contributed by atoms with Gasteiger partial charge in [0.05, 0.1) is 15.1 Å². The number of aromatic nitrogens is 2. The van der Waals surface area contributed by atoms with Gasteiger partial charge >= 0.3 is 0 Å². The molecule has 0 bridgehead atoms. The van der Waals surface area contributed by atoms with Crippen LogP contribution in [0.2, 0.25) is 20.2 Å². The molecular formula is C11H6Cl4N2O. The molecule has 0 atom stereocenters. The van der Waals surface area contributed by atoms with Gasteiger partial charge in [0.2, 0.25) is 5.88 Å². The highest BCUT2D eigenvalue weighted by atomic mass is 35.5. The van der Waals surface area contributed by atoms with Crippen LogP contribution in [-0.4, -0.2) is 9.97 Å². The summed E-state index contributed by atoms with van der Waals surface area (Å²) in [7, 11) is 0. The average Bonchev–Trinajstić information content (AvgIpc) is 2.32. The van der Waals surface area contributed by atoms with Crippen molar-refractivity contribution in [1.82, 2.24) is 9.97 Å². The fourth-order valence-electron chi connectivity index (χ4n) is 1.20. The largest absolute Gasteiger partial charge is 0.437 e. The maximum absolute atomic E-state index is 6.00. The van der Waals surface area contributed by atoms with E-state index in [-0.39, 0.29) is 0 Å². The second-order valence-corrected chi connectivity index (χ2v) is 4.97. The third-order valence-corrected chi connectivity index (χ3v) is 3.56. The van der Waals surface area contributed by atoms with Gasteiger partial charge in [-0.3, -0.25) is 0 Å². The van der Waals surface area contributed by atoms with Crippen LogP contribution in [0.5, 0.6) is 11.6 Å². The molecule has 0 amide bonds. The number of nitrogens with zero attached hydrogens (tertiary/aromatic N) is 2. The maximum Gasteiger partial charge on any atom is 0.226 e. The lowest BCUT2D eigenvalue weighted by Gasteiger charge is -2.10. The average molecular weight is 324 g/mol. The van der Waals surface area contributed by atoms with Crippen LogP contribution in [0.25, 0.3) is 0 Å². The van der Waals surface area contributed by atoms with E-state index in [0.717, 1.165) is 0 Å². The molecule has 1 heterocycles. The minimum absolute atomic E-state index is 0.315. The molecule has 0 aliphatic carbocycles. The van der Waals surface area contributed by atoms with Crippen molar-refractivity contribution in [3.05, 3.63) is 44.2 Å². The first-order valence-electron chi connectivity index (χ1n) is 4.78. The van der Waals surface area contributed by atoms with Crippen molar-refractivity contribution in [2.75, 3.05) is 0 Å². The lowest BCUT2D eigenvalue weighted by atomic mass is 10.3. The molecule has 7 heteroatoms. The van der Waals surface area contributed by atoms with Crippen LogP contribution in [0.15, 0.2) is 18.5 Å². The van der Waals surface area contributed by atoms with E-state index in [4.69, 9.17) is 51.1 Å². The molecule has 1 aromatic carbocycles. The van der Waals surface area contributed by atoms with E-state index in [9.17, 15) is 0 Å². The van der Waals surface area contributed by atoms with E-state index >= 15 is 0 Å². The Balaban J connectivity index is 2.40.